The Hall–Kier alpha value is -2.67. The third-order valence-electron chi connectivity index (χ3n) is 5.95. The van der Waals surface area contributed by atoms with E-state index < -0.39 is 0 Å². The number of Topliss-reactive ketones (excluding diaryl/α,β-unsaturated/α-hetero) is 1. The number of hydrogen-bond acceptors (Lipinski definition) is 7. The number of aromatic nitrogens is 2. The van der Waals surface area contributed by atoms with Crippen LogP contribution in [-0.4, -0.2) is 61.2 Å². The molecular formula is C24H32N4O3. The van der Waals surface area contributed by atoms with Gasteiger partial charge in [-0.2, -0.15) is 4.98 Å². The molecule has 0 aliphatic carbocycles. The van der Waals surface area contributed by atoms with Crippen LogP contribution < -0.4 is 14.5 Å². The third-order valence-corrected chi connectivity index (χ3v) is 5.95. The average Bonchev–Trinajstić information content (AvgIpc) is 3.06. The molecule has 7 heteroatoms. The Labute approximate surface area is 184 Å². The summed E-state index contributed by atoms with van der Waals surface area (Å²) in [5, 5.41) is 0. The van der Waals surface area contributed by atoms with Gasteiger partial charge in [-0.05, 0) is 43.0 Å². The molecule has 2 aliphatic rings. The fourth-order valence-corrected chi connectivity index (χ4v) is 4.26. The third kappa shape index (κ3) is 5.73. The highest BCUT2D eigenvalue weighted by molar-refractivity contribution is 5.76. The van der Waals surface area contributed by atoms with Gasteiger partial charge >= 0.3 is 0 Å². The number of ketones is 1. The van der Waals surface area contributed by atoms with E-state index in [4.69, 9.17) is 14.5 Å². The van der Waals surface area contributed by atoms with E-state index in [0.717, 1.165) is 69.8 Å². The van der Waals surface area contributed by atoms with Crippen LogP contribution in [0.4, 0.5) is 11.8 Å². The Bertz CT molecular complexity index is 865. The fraction of sp³-hybridized carbons (Fsp3) is 0.542. The maximum absolute atomic E-state index is 11.4. The summed E-state index contributed by atoms with van der Waals surface area (Å²) in [5.41, 5.74) is 1.17. The zero-order chi connectivity index (χ0) is 21.6. The van der Waals surface area contributed by atoms with Crippen LogP contribution in [-0.2, 0) is 9.53 Å². The molecule has 0 N–H and O–H groups in total. The molecule has 2 atom stereocenters. The molecule has 1 aromatic heterocycles. The van der Waals surface area contributed by atoms with Crippen LogP contribution >= 0.6 is 0 Å². The van der Waals surface area contributed by atoms with Crippen molar-refractivity contribution in [1.29, 1.82) is 0 Å². The normalized spacial score (nSPS) is 20.4. The predicted molar refractivity (Wildman–Crippen MR) is 121 cm³/mol. The van der Waals surface area contributed by atoms with E-state index >= 15 is 0 Å². The van der Waals surface area contributed by atoms with Crippen LogP contribution in [0.25, 0.3) is 0 Å². The summed E-state index contributed by atoms with van der Waals surface area (Å²) in [6, 6.07) is 10.1. The SMILES string of the molecule is CC(=O)C[C@@H](C)c1ccc(O[C@@H]2CCN(c3ccnc(N4CCCOCC4)n3)C2)cc1. The standard InChI is InChI=1S/C24H32N4O3/c1-18(16-19(2)29)20-4-6-21(7-5-20)31-22-9-12-28(17-22)23-8-10-25-24(26-23)27-11-3-14-30-15-13-27/h4-8,10,18,22H,3,9,11-17H2,1-2H3/t18-,22-/m1/s1. The summed E-state index contributed by atoms with van der Waals surface area (Å²) in [7, 11) is 0. The van der Waals surface area contributed by atoms with Gasteiger partial charge in [0.1, 0.15) is 23.5 Å². The van der Waals surface area contributed by atoms with Gasteiger partial charge in [-0.25, -0.2) is 4.98 Å². The number of carbonyl (C=O) groups excluding carboxylic acids is 1. The first-order chi connectivity index (χ1) is 15.1. The van der Waals surface area contributed by atoms with Crippen molar-refractivity contribution in [3.05, 3.63) is 42.1 Å². The number of nitrogens with zero attached hydrogens (tertiary/aromatic N) is 4. The highest BCUT2D eigenvalue weighted by Crippen LogP contribution is 2.26. The van der Waals surface area contributed by atoms with Gasteiger partial charge in [0.15, 0.2) is 0 Å². The van der Waals surface area contributed by atoms with Crippen molar-refractivity contribution >= 4 is 17.5 Å². The van der Waals surface area contributed by atoms with E-state index in [1.165, 1.54) is 5.56 Å². The summed E-state index contributed by atoms with van der Waals surface area (Å²) < 4.78 is 11.8. The Kier molecular flexibility index (Phi) is 7.02. The van der Waals surface area contributed by atoms with Gasteiger partial charge in [-0.1, -0.05) is 19.1 Å². The molecule has 0 amide bonds. The molecule has 1 aromatic carbocycles. The van der Waals surface area contributed by atoms with E-state index in [-0.39, 0.29) is 17.8 Å². The molecule has 2 saturated heterocycles. The minimum absolute atomic E-state index is 0.130. The van der Waals surface area contributed by atoms with Crippen molar-refractivity contribution < 1.29 is 14.3 Å². The van der Waals surface area contributed by atoms with Crippen molar-refractivity contribution in [2.75, 3.05) is 49.2 Å². The van der Waals surface area contributed by atoms with Gasteiger partial charge in [-0.15, -0.1) is 0 Å². The number of carbonyl (C=O) groups is 1. The maximum atomic E-state index is 11.4. The molecule has 2 aromatic rings. The molecule has 0 unspecified atom stereocenters. The molecule has 2 aliphatic heterocycles. The molecular weight excluding hydrogens is 392 g/mol. The summed E-state index contributed by atoms with van der Waals surface area (Å²) in [5.74, 6) is 3.06. The van der Waals surface area contributed by atoms with Crippen LogP contribution in [0.3, 0.4) is 0 Å². The molecule has 31 heavy (non-hydrogen) atoms. The number of ether oxygens (including phenoxy) is 2. The van der Waals surface area contributed by atoms with Crippen molar-refractivity contribution in [3.63, 3.8) is 0 Å². The Morgan fingerprint density at radius 3 is 2.81 bits per heavy atom. The lowest BCUT2D eigenvalue weighted by molar-refractivity contribution is -0.117. The van der Waals surface area contributed by atoms with Gasteiger partial charge in [-0.3, -0.25) is 0 Å². The quantitative estimate of drug-likeness (QED) is 0.674. The van der Waals surface area contributed by atoms with Gasteiger partial charge in [0, 0.05) is 45.3 Å². The van der Waals surface area contributed by atoms with Crippen molar-refractivity contribution in [3.8, 4) is 5.75 Å². The monoisotopic (exact) mass is 424 g/mol. The minimum Gasteiger partial charge on any atom is -0.489 e. The van der Waals surface area contributed by atoms with Crippen molar-refractivity contribution in [2.24, 2.45) is 0 Å². The zero-order valence-corrected chi connectivity index (χ0v) is 18.5. The summed E-state index contributed by atoms with van der Waals surface area (Å²) in [6.45, 7) is 8.73. The van der Waals surface area contributed by atoms with E-state index in [1.807, 2.05) is 24.4 Å². The first kappa shape index (κ1) is 21.6. The molecule has 3 heterocycles. The zero-order valence-electron chi connectivity index (χ0n) is 18.5. The topological polar surface area (TPSA) is 67.8 Å². The highest BCUT2D eigenvalue weighted by Gasteiger charge is 2.26. The first-order valence-electron chi connectivity index (χ1n) is 11.3. The van der Waals surface area contributed by atoms with Crippen molar-refractivity contribution in [2.45, 2.75) is 45.1 Å². The Balaban J connectivity index is 1.34. The van der Waals surface area contributed by atoms with Crippen LogP contribution in [0, 0.1) is 0 Å². The summed E-state index contributed by atoms with van der Waals surface area (Å²) >= 11 is 0. The smallest absolute Gasteiger partial charge is 0.227 e. The minimum atomic E-state index is 0.130. The largest absolute Gasteiger partial charge is 0.489 e. The number of rotatable bonds is 7. The van der Waals surface area contributed by atoms with E-state index in [9.17, 15) is 4.79 Å². The second-order valence-electron chi connectivity index (χ2n) is 8.52. The highest BCUT2D eigenvalue weighted by atomic mass is 16.5. The van der Waals surface area contributed by atoms with Crippen LogP contribution in [0.1, 0.15) is 44.6 Å². The lowest BCUT2D eigenvalue weighted by Crippen LogP contribution is -2.29. The van der Waals surface area contributed by atoms with Gasteiger partial charge in [0.2, 0.25) is 5.95 Å². The van der Waals surface area contributed by atoms with Crippen LogP contribution in [0.2, 0.25) is 0 Å². The summed E-state index contributed by atoms with van der Waals surface area (Å²) in [6.07, 6.45) is 4.51. The first-order valence-corrected chi connectivity index (χ1v) is 11.3. The van der Waals surface area contributed by atoms with Gasteiger partial charge in [0.25, 0.3) is 0 Å². The predicted octanol–water partition coefficient (Wildman–Crippen LogP) is 3.44. The average molecular weight is 425 g/mol. The van der Waals surface area contributed by atoms with Gasteiger partial charge in [0.05, 0.1) is 13.2 Å². The second-order valence-corrected chi connectivity index (χ2v) is 8.52. The Morgan fingerprint density at radius 1 is 1.16 bits per heavy atom. The molecule has 4 rings (SSSR count). The molecule has 0 spiro atoms. The van der Waals surface area contributed by atoms with E-state index in [2.05, 4.69) is 33.8 Å². The number of benzene rings is 1. The summed E-state index contributed by atoms with van der Waals surface area (Å²) in [4.78, 5) is 25.1. The molecule has 0 saturated carbocycles. The molecule has 0 bridgehead atoms. The Morgan fingerprint density at radius 2 is 2.00 bits per heavy atom. The lowest BCUT2D eigenvalue weighted by atomic mass is 9.96. The van der Waals surface area contributed by atoms with Crippen molar-refractivity contribution in [1.82, 2.24) is 9.97 Å². The van der Waals surface area contributed by atoms with Crippen LogP contribution in [0.5, 0.6) is 5.75 Å². The molecule has 7 nitrogen and oxygen atoms in total. The van der Waals surface area contributed by atoms with E-state index in [1.54, 1.807) is 6.92 Å². The molecule has 166 valence electrons. The fourth-order valence-electron chi connectivity index (χ4n) is 4.26. The number of anilines is 2. The lowest BCUT2D eigenvalue weighted by Gasteiger charge is -2.22. The second kappa shape index (κ2) is 10.1. The van der Waals surface area contributed by atoms with E-state index in [0.29, 0.717) is 6.42 Å². The number of hydrogen-bond donors (Lipinski definition) is 0. The molecule has 0 radical (unpaired) electrons. The van der Waals surface area contributed by atoms with Gasteiger partial charge < -0.3 is 24.1 Å². The molecule has 2 fully saturated rings. The van der Waals surface area contributed by atoms with Crippen LogP contribution in [0.15, 0.2) is 36.5 Å². The maximum Gasteiger partial charge on any atom is 0.227 e.